The molecular formula is C28H46O2Si. The van der Waals surface area contributed by atoms with Crippen LogP contribution in [0.1, 0.15) is 96.8 Å². The highest BCUT2D eigenvalue weighted by molar-refractivity contribution is 6.65. The normalized spacial score (nSPS) is 11.8. The van der Waals surface area contributed by atoms with Crippen LogP contribution in [0.2, 0.25) is 13.1 Å². The number of benzene rings is 2. The van der Waals surface area contributed by atoms with Gasteiger partial charge in [-0.15, -0.1) is 0 Å². The molecule has 0 aliphatic heterocycles. The van der Waals surface area contributed by atoms with Gasteiger partial charge in [0.2, 0.25) is 0 Å². The minimum Gasteiger partial charge on any atom is -0.520 e. The van der Waals surface area contributed by atoms with Crippen molar-refractivity contribution in [2.45, 2.75) is 110 Å². The number of hydrogen-bond acceptors (Lipinski definition) is 2. The van der Waals surface area contributed by atoms with Crippen LogP contribution in [0.3, 0.4) is 0 Å². The molecule has 0 bridgehead atoms. The lowest BCUT2D eigenvalue weighted by atomic mass is 10.0. The average Bonchev–Trinajstić information content (AvgIpc) is 2.76. The molecule has 0 heterocycles. The van der Waals surface area contributed by atoms with E-state index in [0.717, 1.165) is 18.8 Å². The Morgan fingerprint density at radius 2 is 1.13 bits per heavy atom. The van der Waals surface area contributed by atoms with Gasteiger partial charge in [0.1, 0.15) is 5.75 Å². The third-order valence-electron chi connectivity index (χ3n) is 6.05. The van der Waals surface area contributed by atoms with E-state index >= 15 is 0 Å². The Morgan fingerprint density at radius 1 is 0.613 bits per heavy atom. The van der Waals surface area contributed by atoms with E-state index < -0.39 is 8.56 Å². The van der Waals surface area contributed by atoms with E-state index in [1.807, 2.05) is 0 Å². The third kappa shape index (κ3) is 11.2. The molecule has 0 unspecified atom stereocenters. The van der Waals surface area contributed by atoms with E-state index in [4.69, 9.17) is 8.85 Å². The Kier molecular flexibility index (Phi) is 12.9. The predicted octanol–water partition coefficient (Wildman–Crippen LogP) is 9.42. The van der Waals surface area contributed by atoms with Crippen LogP contribution in [-0.2, 0) is 4.43 Å². The first-order chi connectivity index (χ1) is 15.1. The summed E-state index contributed by atoms with van der Waals surface area (Å²) >= 11 is 0. The first kappa shape index (κ1) is 25.9. The molecule has 2 rings (SSSR count). The molecule has 0 radical (unpaired) electrons. The second-order valence-corrected chi connectivity index (χ2v) is 12.7. The number of hydrogen-bond donors (Lipinski definition) is 0. The van der Waals surface area contributed by atoms with E-state index in [0.29, 0.717) is 0 Å². The van der Waals surface area contributed by atoms with Crippen LogP contribution in [0.4, 0.5) is 0 Å². The monoisotopic (exact) mass is 442 g/mol. The standard InChI is InChI=1S/C28H46O2Si/c1-4-5-6-7-8-9-10-11-12-13-14-15-16-19-25-29-31(2,3)30-28-24-20-22-26-21-17-18-23-27(26)28/h17-18,20-24H,4-16,19,25H2,1-3H3. The Morgan fingerprint density at radius 3 is 1.74 bits per heavy atom. The summed E-state index contributed by atoms with van der Waals surface area (Å²) in [6, 6.07) is 14.7. The van der Waals surface area contributed by atoms with Crippen molar-refractivity contribution in [3.8, 4) is 5.75 Å². The minimum atomic E-state index is -2.17. The maximum atomic E-state index is 6.35. The van der Waals surface area contributed by atoms with Gasteiger partial charge in [0.25, 0.3) is 0 Å². The fourth-order valence-corrected chi connectivity index (χ4v) is 5.60. The summed E-state index contributed by atoms with van der Waals surface area (Å²) in [5, 5.41) is 2.39. The predicted molar refractivity (Wildman–Crippen MR) is 138 cm³/mol. The van der Waals surface area contributed by atoms with Gasteiger partial charge in [-0.1, -0.05) is 127 Å². The molecule has 0 N–H and O–H groups in total. The van der Waals surface area contributed by atoms with E-state index in [1.165, 1.54) is 94.2 Å². The van der Waals surface area contributed by atoms with Crippen LogP contribution in [-0.4, -0.2) is 15.2 Å². The van der Waals surface area contributed by atoms with Crippen molar-refractivity contribution in [3.05, 3.63) is 42.5 Å². The molecule has 0 fully saturated rings. The van der Waals surface area contributed by atoms with Gasteiger partial charge in [-0.05, 0) is 31.0 Å². The van der Waals surface area contributed by atoms with Gasteiger partial charge in [0, 0.05) is 12.0 Å². The van der Waals surface area contributed by atoms with Crippen LogP contribution in [0.15, 0.2) is 42.5 Å². The Hall–Kier alpha value is -1.32. The molecule has 31 heavy (non-hydrogen) atoms. The molecule has 174 valence electrons. The summed E-state index contributed by atoms with van der Waals surface area (Å²) in [5.74, 6) is 0.954. The summed E-state index contributed by atoms with van der Waals surface area (Å²) in [4.78, 5) is 0. The first-order valence-corrected chi connectivity index (χ1v) is 15.7. The molecule has 3 heteroatoms. The fraction of sp³-hybridized carbons (Fsp3) is 0.643. The van der Waals surface area contributed by atoms with Crippen molar-refractivity contribution < 1.29 is 8.85 Å². The molecule has 0 atom stereocenters. The Balaban J connectivity index is 1.47. The second-order valence-electron chi connectivity index (χ2n) is 9.42. The van der Waals surface area contributed by atoms with Gasteiger partial charge < -0.3 is 8.85 Å². The number of unbranched alkanes of at least 4 members (excludes halogenated alkanes) is 13. The van der Waals surface area contributed by atoms with Crippen molar-refractivity contribution in [1.82, 2.24) is 0 Å². The van der Waals surface area contributed by atoms with E-state index in [9.17, 15) is 0 Å². The van der Waals surface area contributed by atoms with Crippen molar-refractivity contribution in [2.75, 3.05) is 6.61 Å². The molecule has 2 aromatic carbocycles. The zero-order chi connectivity index (χ0) is 22.2. The summed E-state index contributed by atoms with van der Waals surface area (Å²) in [7, 11) is -2.17. The van der Waals surface area contributed by atoms with Gasteiger partial charge in [-0.2, -0.15) is 0 Å². The topological polar surface area (TPSA) is 18.5 Å². The van der Waals surface area contributed by atoms with E-state index in [2.05, 4.69) is 62.5 Å². The molecule has 0 spiro atoms. The van der Waals surface area contributed by atoms with Crippen LogP contribution < -0.4 is 4.43 Å². The van der Waals surface area contributed by atoms with Gasteiger partial charge in [-0.3, -0.25) is 0 Å². The largest absolute Gasteiger partial charge is 0.520 e. The molecular weight excluding hydrogens is 396 g/mol. The van der Waals surface area contributed by atoms with Crippen LogP contribution in [0.25, 0.3) is 10.8 Å². The number of rotatable bonds is 18. The highest BCUT2D eigenvalue weighted by atomic mass is 28.4. The van der Waals surface area contributed by atoms with Crippen molar-refractivity contribution in [1.29, 1.82) is 0 Å². The lowest BCUT2D eigenvalue weighted by Gasteiger charge is -2.24. The molecule has 0 aliphatic rings. The second kappa shape index (κ2) is 15.5. The smallest absolute Gasteiger partial charge is 0.392 e. The lowest BCUT2D eigenvalue weighted by molar-refractivity contribution is 0.241. The summed E-state index contributed by atoms with van der Waals surface area (Å²) in [5.41, 5.74) is 0. The molecule has 0 aliphatic carbocycles. The molecule has 0 saturated carbocycles. The summed E-state index contributed by atoms with van der Waals surface area (Å²) in [6.45, 7) is 7.41. The highest BCUT2D eigenvalue weighted by Gasteiger charge is 2.27. The highest BCUT2D eigenvalue weighted by Crippen LogP contribution is 2.27. The first-order valence-electron chi connectivity index (χ1n) is 12.9. The third-order valence-corrected chi connectivity index (χ3v) is 7.66. The lowest BCUT2D eigenvalue weighted by Crippen LogP contribution is -2.38. The average molecular weight is 443 g/mol. The zero-order valence-electron chi connectivity index (χ0n) is 20.5. The van der Waals surface area contributed by atoms with Gasteiger partial charge in [0.05, 0.1) is 0 Å². The van der Waals surface area contributed by atoms with Crippen molar-refractivity contribution >= 4 is 19.3 Å². The Bertz CT molecular complexity index is 708. The maximum Gasteiger partial charge on any atom is 0.392 e. The molecule has 0 saturated heterocycles. The molecule has 2 nitrogen and oxygen atoms in total. The van der Waals surface area contributed by atoms with Crippen LogP contribution in [0, 0.1) is 0 Å². The van der Waals surface area contributed by atoms with Crippen molar-refractivity contribution in [2.24, 2.45) is 0 Å². The fourth-order valence-electron chi connectivity index (χ4n) is 4.19. The zero-order valence-corrected chi connectivity index (χ0v) is 21.5. The van der Waals surface area contributed by atoms with Crippen molar-refractivity contribution in [3.63, 3.8) is 0 Å². The van der Waals surface area contributed by atoms with Gasteiger partial charge in [0.15, 0.2) is 0 Å². The minimum absolute atomic E-state index is 0.821. The molecule has 0 aromatic heterocycles. The van der Waals surface area contributed by atoms with E-state index in [1.54, 1.807) is 0 Å². The van der Waals surface area contributed by atoms with E-state index in [-0.39, 0.29) is 0 Å². The van der Waals surface area contributed by atoms with Crippen LogP contribution in [0.5, 0.6) is 5.75 Å². The van der Waals surface area contributed by atoms with Gasteiger partial charge >= 0.3 is 8.56 Å². The number of fused-ring (bicyclic) bond motifs is 1. The van der Waals surface area contributed by atoms with Crippen LogP contribution >= 0.6 is 0 Å². The molecule has 0 amide bonds. The van der Waals surface area contributed by atoms with Gasteiger partial charge in [-0.25, -0.2) is 0 Å². The quantitative estimate of drug-likeness (QED) is 0.169. The Labute approximate surface area is 193 Å². The summed E-state index contributed by atoms with van der Waals surface area (Å²) < 4.78 is 12.6. The maximum absolute atomic E-state index is 6.35. The summed E-state index contributed by atoms with van der Waals surface area (Å²) in [6.07, 6.45) is 19.4. The molecule has 2 aromatic rings. The SMILES string of the molecule is CCCCCCCCCCCCCCCCO[Si](C)(C)Oc1cccc2ccccc12.